The lowest BCUT2D eigenvalue weighted by molar-refractivity contribution is 0.0600. The minimum atomic E-state index is -0.456. The number of ether oxygens (including phenoxy) is 2. The highest BCUT2D eigenvalue weighted by Crippen LogP contribution is 2.33. The van der Waals surface area contributed by atoms with Gasteiger partial charge in [0.25, 0.3) is 5.91 Å². The Hall–Kier alpha value is -3.54. The van der Waals surface area contributed by atoms with Gasteiger partial charge in [0.1, 0.15) is 5.75 Å². The molecule has 1 heterocycles. The van der Waals surface area contributed by atoms with E-state index in [1.807, 2.05) is 43.3 Å². The van der Waals surface area contributed by atoms with E-state index < -0.39 is 11.9 Å². The molecule has 0 aliphatic heterocycles. The van der Waals surface area contributed by atoms with Gasteiger partial charge >= 0.3 is 5.97 Å². The zero-order valence-electron chi connectivity index (χ0n) is 18.4. The zero-order valence-corrected chi connectivity index (χ0v) is 18.4. The second-order valence-electron chi connectivity index (χ2n) is 7.32. The second-order valence-corrected chi connectivity index (χ2v) is 7.32. The molecule has 0 atom stereocenters. The molecule has 0 saturated heterocycles. The first-order chi connectivity index (χ1) is 14.9. The van der Waals surface area contributed by atoms with Crippen LogP contribution in [0.25, 0.3) is 11.1 Å². The van der Waals surface area contributed by atoms with Crippen LogP contribution in [0.1, 0.15) is 44.6 Å². The van der Waals surface area contributed by atoms with Crippen molar-refractivity contribution in [2.24, 2.45) is 5.73 Å². The Kier molecular flexibility index (Phi) is 6.80. The van der Waals surface area contributed by atoms with Crippen LogP contribution < -0.4 is 10.5 Å². The van der Waals surface area contributed by atoms with Crippen molar-refractivity contribution >= 4 is 11.9 Å². The summed E-state index contributed by atoms with van der Waals surface area (Å²) in [4.78, 5) is 24.2. The van der Waals surface area contributed by atoms with Crippen LogP contribution in [0, 0.1) is 6.92 Å². The number of rotatable bonds is 8. The number of methoxy groups -OCH3 is 2. The van der Waals surface area contributed by atoms with Crippen molar-refractivity contribution in [1.82, 2.24) is 4.57 Å². The van der Waals surface area contributed by atoms with Crippen LogP contribution in [-0.2, 0) is 24.1 Å². The smallest absolute Gasteiger partial charge is 0.337 e. The van der Waals surface area contributed by atoms with E-state index in [0.717, 1.165) is 47.7 Å². The van der Waals surface area contributed by atoms with Crippen LogP contribution >= 0.6 is 0 Å². The molecule has 2 aromatic carbocycles. The molecular weight excluding hydrogens is 392 g/mol. The van der Waals surface area contributed by atoms with Gasteiger partial charge in [-0.2, -0.15) is 0 Å². The minimum absolute atomic E-state index is 0.398. The van der Waals surface area contributed by atoms with Gasteiger partial charge in [-0.1, -0.05) is 31.2 Å². The quantitative estimate of drug-likeness (QED) is 0.555. The van der Waals surface area contributed by atoms with Gasteiger partial charge in [-0.25, -0.2) is 4.79 Å². The molecule has 6 heteroatoms. The van der Waals surface area contributed by atoms with Crippen molar-refractivity contribution in [2.45, 2.75) is 33.2 Å². The molecule has 1 amide bonds. The maximum Gasteiger partial charge on any atom is 0.337 e. The van der Waals surface area contributed by atoms with Crippen LogP contribution in [0.15, 0.2) is 48.5 Å². The fraction of sp³-hybridized carbons (Fsp3) is 0.280. The summed E-state index contributed by atoms with van der Waals surface area (Å²) in [7, 11) is 3.00. The number of hydrogen-bond donors (Lipinski definition) is 1. The molecule has 0 unspecified atom stereocenters. The van der Waals surface area contributed by atoms with Gasteiger partial charge in [0.2, 0.25) is 0 Å². The van der Waals surface area contributed by atoms with Gasteiger partial charge < -0.3 is 19.8 Å². The largest absolute Gasteiger partial charge is 0.497 e. The number of primary amides is 1. The molecule has 162 valence electrons. The molecule has 2 N–H and O–H groups in total. The third-order valence-electron chi connectivity index (χ3n) is 5.59. The first-order valence-electron chi connectivity index (χ1n) is 10.2. The Bertz CT molecular complexity index is 1080. The molecule has 6 nitrogen and oxygen atoms in total. The van der Waals surface area contributed by atoms with Crippen LogP contribution in [0.4, 0.5) is 0 Å². The normalized spacial score (nSPS) is 10.7. The summed E-state index contributed by atoms with van der Waals surface area (Å²) in [6, 6.07) is 15.1. The highest BCUT2D eigenvalue weighted by molar-refractivity contribution is 6.02. The van der Waals surface area contributed by atoms with E-state index in [9.17, 15) is 9.59 Å². The highest BCUT2D eigenvalue weighted by atomic mass is 16.5. The maximum atomic E-state index is 12.4. The number of benzene rings is 2. The average molecular weight is 421 g/mol. The topological polar surface area (TPSA) is 83.5 Å². The number of esters is 1. The summed E-state index contributed by atoms with van der Waals surface area (Å²) < 4.78 is 12.2. The van der Waals surface area contributed by atoms with E-state index in [4.69, 9.17) is 15.2 Å². The first-order valence-corrected chi connectivity index (χ1v) is 10.2. The van der Waals surface area contributed by atoms with Crippen molar-refractivity contribution in [3.05, 3.63) is 76.6 Å². The van der Waals surface area contributed by atoms with Gasteiger partial charge in [0.15, 0.2) is 0 Å². The summed E-state index contributed by atoms with van der Waals surface area (Å²) in [5.74, 6) is -0.0306. The van der Waals surface area contributed by atoms with E-state index in [1.54, 1.807) is 19.2 Å². The zero-order chi connectivity index (χ0) is 22.5. The monoisotopic (exact) mass is 420 g/mol. The predicted octanol–water partition coefficient (Wildman–Crippen LogP) is 4.16. The standard InChI is InChI=1S/C25H28N2O4/c1-5-21-23(18-8-10-19(11-9-18)25(29)31-4)22(24(26)28)16(2)27(21)15-14-17-6-12-20(30-3)13-7-17/h6-13H,5,14-15H2,1-4H3,(H2,26,28). The van der Waals surface area contributed by atoms with E-state index in [2.05, 4.69) is 11.5 Å². The molecule has 3 rings (SSSR count). The Morgan fingerprint density at radius 3 is 2.16 bits per heavy atom. The summed E-state index contributed by atoms with van der Waals surface area (Å²) in [6.07, 6.45) is 1.55. The molecule has 0 bridgehead atoms. The molecule has 1 aromatic heterocycles. The van der Waals surface area contributed by atoms with Gasteiger partial charge in [-0.15, -0.1) is 0 Å². The van der Waals surface area contributed by atoms with E-state index in [-0.39, 0.29) is 0 Å². The molecule has 0 spiro atoms. The molecule has 0 radical (unpaired) electrons. The van der Waals surface area contributed by atoms with Crippen molar-refractivity contribution in [3.63, 3.8) is 0 Å². The SMILES string of the molecule is CCc1c(-c2ccc(C(=O)OC)cc2)c(C(N)=O)c(C)n1CCc1ccc(OC)cc1. The average Bonchev–Trinajstić information content (AvgIpc) is 3.08. The third kappa shape index (κ3) is 4.48. The summed E-state index contributed by atoms with van der Waals surface area (Å²) in [5, 5.41) is 0. The van der Waals surface area contributed by atoms with Crippen molar-refractivity contribution in [1.29, 1.82) is 0 Å². The van der Waals surface area contributed by atoms with E-state index in [0.29, 0.717) is 11.1 Å². The van der Waals surface area contributed by atoms with Crippen LogP contribution in [0.3, 0.4) is 0 Å². The van der Waals surface area contributed by atoms with Gasteiger partial charge in [0.05, 0.1) is 25.3 Å². The van der Waals surface area contributed by atoms with Crippen molar-refractivity contribution in [2.75, 3.05) is 14.2 Å². The summed E-state index contributed by atoms with van der Waals surface area (Å²) >= 11 is 0. The van der Waals surface area contributed by atoms with E-state index >= 15 is 0 Å². The van der Waals surface area contributed by atoms with Crippen LogP contribution in [0.5, 0.6) is 5.75 Å². The first kappa shape index (κ1) is 22.2. The third-order valence-corrected chi connectivity index (χ3v) is 5.59. The number of amides is 1. The van der Waals surface area contributed by atoms with Gasteiger partial charge in [0, 0.05) is 23.5 Å². The lowest BCUT2D eigenvalue weighted by Gasteiger charge is -2.12. The van der Waals surface area contributed by atoms with Crippen LogP contribution in [-0.4, -0.2) is 30.7 Å². The molecule has 0 aliphatic rings. The number of aromatic nitrogens is 1. The fourth-order valence-corrected chi connectivity index (χ4v) is 4.00. The Morgan fingerprint density at radius 1 is 1.00 bits per heavy atom. The molecule has 3 aromatic rings. The Morgan fingerprint density at radius 2 is 1.65 bits per heavy atom. The number of hydrogen-bond acceptors (Lipinski definition) is 4. The van der Waals surface area contributed by atoms with Gasteiger partial charge in [-0.3, -0.25) is 4.79 Å². The maximum absolute atomic E-state index is 12.4. The predicted molar refractivity (Wildman–Crippen MR) is 121 cm³/mol. The molecule has 31 heavy (non-hydrogen) atoms. The number of carbonyl (C=O) groups is 2. The van der Waals surface area contributed by atoms with E-state index in [1.165, 1.54) is 12.7 Å². The molecule has 0 saturated carbocycles. The second kappa shape index (κ2) is 9.51. The Labute approximate surface area is 182 Å². The number of nitrogens with zero attached hydrogens (tertiary/aromatic N) is 1. The highest BCUT2D eigenvalue weighted by Gasteiger charge is 2.24. The lowest BCUT2D eigenvalue weighted by atomic mass is 9.98. The Balaban J connectivity index is 2.01. The molecule has 0 fully saturated rings. The summed E-state index contributed by atoms with van der Waals surface area (Å²) in [5.41, 5.74) is 11.5. The fourth-order valence-electron chi connectivity index (χ4n) is 4.00. The number of aryl methyl sites for hydroxylation is 1. The van der Waals surface area contributed by atoms with Crippen molar-refractivity contribution in [3.8, 4) is 16.9 Å². The minimum Gasteiger partial charge on any atom is -0.497 e. The molecular formula is C25H28N2O4. The van der Waals surface area contributed by atoms with Crippen LogP contribution in [0.2, 0.25) is 0 Å². The van der Waals surface area contributed by atoms with Gasteiger partial charge in [-0.05, 0) is 55.2 Å². The molecule has 0 aliphatic carbocycles. The lowest BCUT2D eigenvalue weighted by Crippen LogP contribution is -2.14. The summed E-state index contributed by atoms with van der Waals surface area (Å²) in [6.45, 7) is 4.72. The number of carbonyl (C=O) groups excluding carboxylic acids is 2. The van der Waals surface area contributed by atoms with Crippen molar-refractivity contribution < 1.29 is 19.1 Å². The number of nitrogens with two attached hydrogens (primary N) is 1.